The van der Waals surface area contributed by atoms with E-state index in [4.69, 9.17) is 49.4 Å². The fraction of sp³-hybridized carbons (Fsp3) is 0. The predicted octanol–water partition coefficient (Wildman–Crippen LogP) is 6.73. The van der Waals surface area contributed by atoms with Gasteiger partial charge in [-0.25, -0.2) is 0 Å². The second-order valence-corrected chi connectivity index (χ2v) is 53.1. The maximum atomic E-state index is 9.14. The minimum atomic E-state index is -5.38. The van der Waals surface area contributed by atoms with Crippen LogP contribution < -0.4 is 51.9 Å². The zero-order chi connectivity index (χ0) is 58.5. The average molecular weight is 1320 g/mol. The lowest BCUT2D eigenvalue weighted by molar-refractivity contribution is -0.00153. The van der Waals surface area contributed by atoms with Gasteiger partial charge in [0.15, 0.2) is 0 Å². The largest absolute Gasteiger partial charge is 0.515 e. The SMILES string of the molecule is c1ccc([Si]23O[Si]4(c5ccccc5)O[Si]5(c6ccccc6)O[Si](c6ccccc6)(O2)O[Si]2(c6ccccc6)O[Si](c6ccccc6)(O3)O[Si](c3ccccc3)(O4)O[Si]([Si](c3ccccc3)(c3ccccc3)c3cccc4c3sc3ccccc34)(O5)O2)cc1. The third-order valence-corrected chi connectivity index (χ3v) is 63.9. The third kappa shape index (κ3) is 8.44. The molecule has 0 N–H and O–H groups in total. The van der Waals surface area contributed by atoms with Crippen LogP contribution in [0.15, 0.2) is 315 Å². The summed E-state index contributed by atoms with van der Waals surface area (Å²) in [5.74, 6) is 0. The standard InChI is InChI=1S/C66H52O12SSi9/c1-10-31-53(32-11-1)80(54-33-12-2-13-34-54,65-52-30-50-63-62-49-28-29-51-64(62)79-66(63)65)88-76-85(59-43-22-7-23-44-59)70-82(56-37-16-4-17-38-56)67-81(55-35-14-3-15-36-55)68-83(72-85,57-39-18-5-19-40-57)74-87(78-88,61-47-26-9-27-48-61)75-84(69-81,58-41-20-6-21-42-58)73-86(71-82,77-88)60-45-24-8-25-46-60/h1-52H. The molecule has 11 aromatic carbocycles. The maximum Gasteiger partial charge on any atom is 0.515 e. The van der Waals surface area contributed by atoms with Crippen molar-refractivity contribution in [3.63, 3.8) is 0 Å². The Morgan fingerprint density at radius 3 is 0.750 bits per heavy atom. The summed E-state index contributed by atoms with van der Waals surface area (Å²) in [4.78, 5) is 0. The number of thiophene rings is 1. The fourth-order valence-electron chi connectivity index (χ4n) is 13.0. The van der Waals surface area contributed by atoms with Crippen molar-refractivity contribution < 1.29 is 49.4 Å². The highest BCUT2D eigenvalue weighted by molar-refractivity contribution is 7.54. The third-order valence-electron chi connectivity index (χ3n) is 16.8. The molecule has 8 bridgehead atoms. The Hall–Kier alpha value is -6.89. The molecule has 12 nitrogen and oxygen atoms in total. The van der Waals surface area contributed by atoms with Crippen LogP contribution in [0.5, 0.6) is 0 Å². The minimum absolute atomic E-state index is 0.557. The maximum absolute atomic E-state index is 9.14. The second kappa shape index (κ2) is 21.1. The zero-order valence-electron chi connectivity index (χ0n) is 46.8. The Morgan fingerprint density at radius 2 is 0.455 bits per heavy atom. The average Bonchev–Trinajstić information content (AvgIpc) is 0.677. The van der Waals surface area contributed by atoms with Crippen molar-refractivity contribution in [2.75, 3.05) is 0 Å². The molecule has 0 amide bonds. The van der Waals surface area contributed by atoms with Crippen molar-refractivity contribution in [2.45, 2.75) is 0 Å². The lowest BCUT2D eigenvalue weighted by Gasteiger charge is -2.64. The fourth-order valence-corrected chi connectivity index (χ4v) is 77.6. The van der Waals surface area contributed by atoms with Crippen LogP contribution in [0.1, 0.15) is 0 Å². The lowest BCUT2D eigenvalue weighted by atomic mass is 10.1. The van der Waals surface area contributed by atoms with Crippen molar-refractivity contribution in [1.29, 1.82) is 0 Å². The summed E-state index contributed by atoms with van der Waals surface area (Å²) in [6.45, 7) is 0. The Bertz CT molecular complexity index is 4200. The summed E-state index contributed by atoms with van der Waals surface area (Å²) < 4.78 is 107. The molecule has 0 aliphatic carbocycles. The number of benzene rings is 11. The van der Waals surface area contributed by atoms with E-state index in [1.807, 2.05) is 224 Å². The van der Waals surface area contributed by atoms with Crippen molar-refractivity contribution in [3.8, 4) is 0 Å². The van der Waals surface area contributed by atoms with Gasteiger partial charge in [0.05, 0.1) is 0 Å². The molecule has 22 heteroatoms. The molecule has 18 rings (SSSR count). The van der Waals surface area contributed by atoms with Crippen LogP contribution in [0.3, 0.4) is 0 Å². The lowest BCUT2D eigenvalue weighted by Crippen LogP contribution is -3.00. The molecule has 0 radical (unpaired) electrons. The summed E-state index contributed by atoms with van der Waals surface area (Å²) in [5.41, 5.74) is 0. The summed E-state index contributed by atoms with van der Waals surface area (Å²) in [6, 6.07) is 105. The van der Waals surface area contributed by atoms with Gasteiger partial charge in [-0.1, -0.05) is 309 Å². The van der Waals surface area contributed by atoms with Gasteiger partial charge in [-0.05, 0) is 21.6 Å². The van der Waals surface area contributed by atoms with Gasteiger partial charge >= 0.3 is 70.0 Å². The van der Waals surface area contributed by atoms with Crippen molar-refractivity contribution in [3.05, 3.63) is 315 Å². The number of hydrogen-bond acceptors (Lipinski definition) is 13. The van der Waals surface area contributed by atoms with E-state index in [0.29, 0.717) is 36.3 Å². The minimum Gasteiger partial charge on any atom is -0.372 e. The smallest absolute Gasteiger partial charge is 0.372 e. The normalized spacial score (nSPS) is 29.0. The molecule has 6 aliphatic heterocycles. The van der Waals surface area contributed by atoms with Crippen LogP contribution in [-0.2, 0) is 49.4 Å². The topological polar surface area (TPSA) is 111 Å². The Morgan fingerprint density at radius 1 is 0.216 bits per heavy atom. The quantitative estimate of drug-likeness (QED) is 0.101. The number of hydrogen-bond donors (Lipinski definition) is 0. The molecular formula is C66H52O12SSi9. The van der Waals surface area contributed by atoms with Gasteiger partial charge in [0.2, 0.25) is 7.59 Å². The summed E-state index contributed by atoms with van der Waals surface area (Å²) in [5, 5.41) is 8.87. The zero-order valence-corrected chi connectivity index (χ0v) is 56.6. The summed E-state index contributed by atoms with van der Waals surface area (Å²) in [6.07, 6.45) is 0. The van der Waals surface area contributed by atoms with Crippen LogP contribution >= 0.6 is 11.3 Å². The predicted molar refractivity (Wildman–Crippen MR) is 358 cm³/mol. The molecule has 430 valence electrons. The molecule has 0 unspecified atom stereocenters. The van der Waals surface area contributed by atoms with Crippen molar-refractivity contribution in [2.24, 2.45) is 0 Å². The van der Waals surface area contributed by atoms with E-state index in [2.05, 4.69) is 91.0 Å². The van der Waals surface area contributed by atoms with Crippen LogP contribution in [-0.4, -0.2) is 77.5 Å². The summed E-state index contributed by atoms with van der Waals surface area (Å²) in [7, 11) is -45.1. The van der Waals surface area contributed by atoms with Gasteiger partial charge in [-0.2, -0.15) is 0 Å². The molecule has 0 atom stereocenters. The Labute approximate surface area is 521 Å². The highest BCUT2D eigenvalue weighted by atomic mass is 32.1. The molecule has 7 heterocycles. The van der Waals surface area contributed by atoms with E-state index < -0.39 is 77.5 Å². The van der Waals surface area contributed by atoms with Gasteiger partial charge in [-0.15, -0.1) is 11.3 Å². The first kappa shape index (κ1) is 55.2. The van der Waals surface area contributed by atoms with E-state index in [-0.39, 0.29) is 0 Å². The molecule has 0 saturated carbocycles. The first-order valence-corrected chi connectivity index (χ1v) is 46.7. The van der Waals surface area contributed by atoms with Gasteiger partial charge in [-0.3, -0.25) is 0 Å². The molecule has 6 aliphatic rings. The van der Waals surface area contributed by atoms with E-state index in [9.17, 15) is 0 Å². The molecule has 88 heavy (non-hydrogen) atoms. The van der Waals surface area contributed by atoms with Gasteiger partial charge in [0, 0.05) is 56.5 Å². The molecule has 12 aromatic rings. The second-order valence-electron chi connectivity index (χ2n) is 22.0. The first-order valence-electron chi connectivity index (χ1n) is 29.1. The van der Waals surface area contributed by atoms with Crippen LogP contribution in [0, 0.1) is 0 Å². The highest BCUT2D eigenvalue weighted by Gasteiger charge is 2.89. The molecule has 1 aromatic heterocycles. The van der Waals surface area contributed by atoms with E-state index >= 15 is 0 Å². The van der Waals surface area contributed by atoms with Gasteiger partial charge in [0.1, 0.15) is 0 Å². The van der Waals surface area contributed by atoms with Crippen molar-refractivity contribution >= 4 is 161 Å². The Kier molecular flexibility index (Phi) is 13.2. The first-order chi connectivity index (χ1) is 43.3. The van der Waals surface area contributed by atoms with Gasteiger partial charge < -0.3 is 49.4 Å². The van der Waals surface area contributed by atoms with E-state index in [1.165, 1.54) is 0 Å². The number of fused-ring (bicyclic) bond motifs is 3. The Balaban J connectivity index is 1.13. The molecule has 6 saturated heterocycles. The van der Waals surface area contributed by atoms with E-state index in [1.54, 1.807) is 11.3 Å². The van der Waals surface area contributed by atoms with Crippen LogP contribution in [0.25, 0.3) is 20.2 Å². The monoisotopic (exact) mass is 1320 g/mol. The van der Waals surface area contributed by atoms with Crippen LogP contribution in [0.2, 0.25) is 0 Å². The highest BCUT2D eigenvalue weighted by Crippen LogP contribution is 2.51. The van der Waals surface area contributed by atoms with Gasteiger partial charge in [0.25, 0.3) is 0 Å². The van der Waals surface area contributed by atoms with Crippen LogP contribution in [0.4, 0.5) is 0 Å². The molecule has 6 fully saturated rings. The number of rotatable bonds is 11. The van der Waals surface area contributed by atoms with E-state index in [0.717, 1.165) is 35.7 Å². The van der Waals surface area contributed by atoms with Crippen molar-refractivity contribution in [1.82, 2.24) is 0 Å². The summed E-state index contributed by atoms with van der Waals surface area (Å²) >= 11 is 1.73. The molecule has 0 spiro atoms. The molecular weight excluding hydrogens is 1270 g/mol.